The van der Waals surface area contributed by atoms with E-state index in [0.29, 0.717) is 5.56 Å². The third kappa shape index (κ3) is 5.21. The molecule has 2 amide bonds. The van der Waals surface area contributed by atoms with E-state index in [1.165, 1.54) is 12.1 Å². The molecule has 1 saturated heterocycles. The average molecular weight is 388 g/mol. The number of hydrogen-bond acceptors (Lipinski definition) is 5. The Morgan fingerprint density at radius 3 is 2.50 bits per heavy atom. The second kappa shape index (κ2) is 9.52. The van der Waals surface area contributed by atoms with Gasteiger partial charge < -0.3 is 15.5 Å². The standard InChI is InChI=1S/C20H28N4O4/c25-19(22-15-6-2-3-7-15)10-11-21-20(26)17-14-16(24(27)28)8-9-18(17)23-12-4-1-5-13-23/h8-9,14-15H,1-7,10-13H2,(H,21,26)(H,22,25). The van der Waals surface area contributed by atoms with Crippen LogP contribution < -0.4 is 15.5 Å². The van der Waals surface area contributed by atoms with Crippen LogP contribution in [0.3, 0.4) is 0 Å². The Hall–Kier alpha value is -2.64. The molecule has 1 aliphatic carbocycles. The quantitative estimate of drug-likeness (QED) is 0.552. The summed E-state index contributed by atoms with van der Waals surface area (Å²) in [5.74, 6) is -0.444. The van der Waals surface area contributed by atoms with Crippen molar-refractivity contribution in [2.75, 3.05) is 24.5 Å². The molecule has 28 heavy (non-hydrogen) atoms. The van der Waals surface area contributed by atoms with Crippen LogP contribution in [-0.2, 0) is 4.79 Å². The molecule has 0 spiro atoms. The second-order valence-electron chi connectivity index (χ2n) is 7.56. The SMILES string of the molecule is O=C(CCNC(=O)c1cc([N+](=O)[O-])ccc1N1CCCCC1)NC1CCCC1. The van der Waals surface area contributed by atoms with Gasteiger partial charge in [-0.2, -0.15) is 0 Å². The monoisotopic (exact) mass is 388 g/mol. The summed E-state index contributed by atoms with van der Waals surface area (Å²) in [4.78, 5) is 37.5. The molecule has 2 fully saturated rings. The van der Waals surface area contributed by atoms with Crippen molar-refractivity contribution in [2.45, 2.75) is 57.4 Å². The van der Waals surface area contributed by atoms with Crippen molar-refractivity contribution < 1.29 is 14.5 Å². The minimum atomic E-state index is -0.494. The van der Waals surface area contributed by atoms with Crippen LogP contribution in [0.2, 0.25) is 0 Å². The van der Waals surface area contributed by atoms with E-state index in [-0.39, 0.29) is 36.5 Å². The third-order valence-electron chi connectivity index (χ3n) is 5.49. The average Bonchev–Trinajstić information content (AvgIpc) is 3.21. The Morgan fingerprint density at radius 1 is 1.11 bits per heavy atom. The van der Waals surface area contributed by atoms with Gasteiger partial charge in [0, 0.05) is 44.2 Å². The van der Waals surface area contributed by atoms with Crippen LogP contribution in [0.4, 0.5) is 11.4 Å². The Kier molecular flexibility index (Phi) is 6.84. The smallest absolute Gasteiger partial charge is 0.270 e. The first kappa shape index (κ1) is 20.1. The molecule has 0 atom stereocenters. The summed E-state index contributed by atoms with van der Waals surface area (Å²) in [6.07, 6.45) is 7.77. The maximum absolute atomic E-state index is 12.7. The Bertz CT molecular complexity index is 725. The van der Waals surface area contributed by atoms with Crippen LogP contribution in [0.5, 0.6) is 0 Å². The summed E-state index contributed by atoms with van der Waals surface area (Å²) >= 11 is 0. The van der Waals surface area contributed by atoms with Gasteiger partial charge in [0.15, 0.2) is 0 Å². The van der Waals surface area contributed by atoms with Gasteiger partial charge in [-0.15, -0.1) is 0 Å². The molecule has 1 heterocycles. The van der Waals surface area contributed by atoms with E-state index >= 15 is 0 Å². The Morgan fingerprint density at radius 2 is 1.82 bits per heavy atom. The third-order valence-corrected chi connectivity index (χ3v) is 5.49. The molecule has 0 aromatic heterocycles. The topological polar surface area (TPSA) is 105 Å². The van der Waals surface area contributed by atoms with Gasteiger partial charge in [-0.3, -0.25) is 19.7 Å². The van der Waals surface area contributed by atoms with Crippen molar-refractivity contribution in [3.8, 4) is 0 Å². The lowest BCUT2D eigenvalue weighted by Gasteiger charge is -2.30. The number of carbonyl (C=O) groups excluding carboxylic acids is 2. The van der Waals surface area contributed by atoms with E-state index < -0.39 is 4.92 Å². The molecule has 2 aliphatic rings. The van der Waals surface area contributed by atoms with E-state index in [1.807, 2.05) is 0 Å². The number of non-ortho nitro benzene ring substituents is 1. The van der Waals surface area contributed by atoms with Gasteiger partial charge in [0.2, 0.25) is 5.91 Å². The Labute approximate surface area is 164 Å². The van der Waals surface area contributed by atoms with Crippen LogP contribution in [0.1, 0.15) is 61.7 Å². The second-order valence-corrected chi connectivity index (χ2v) is 7.56. The number of hydrogen-bond donors (Lipinski definition) is 2. The number of carbonyl (C=O) groups is 2. The molecule has 1 aromatic rings. The van der Waals surface area contributed by atoms with Crippen molar-refractivity contribution in [3.63, 3.8) is 0 Å². The fraction of sp³-hybridized carbons (Fsp3) is 0.600. The molecule has 0 radical (unpaired) electrons. The number of piperidine rings is 1. The van der Waals surface area contributed by atoms with Crippen molar-refractivity contribution >= 4 is 23.2 Å². The van der Waals surface area contributed by atoms with Gasteiger partial charge in [-0.25, -0.2) is 0 Å². The van der Waals surface area contributed by atoms with Crippen LogP contribution in [0.15, 0.2) is 18.2 Å². The molecule has 8 nitrogen and oxygen atoms in total. The number of benzene rings is 1. The lowest BCUT2D eigenvalue weighted by Crippen LogP contribution is -2.36. The van der Waals surface area contributed by atoms with Gasteiger partial charge >= 0.3 is 0 Å². The lowest BCUT2D eigenvalue weighted by atomic mass is 10.1. The molecule has 1 saturated carbocycles. The molecule has 1 aromatic carbocycles. The zero-order valence-electron chi connectivity index (χ0n) is 16.1. The zero-order chi connectivity index (χ0) is 19.9. The van der Waals surface area contributed by atoms with Crippen LogP contribution in [0, 0.1) is 10.1 Å². The highest BCUT2D eigenvalue weighted by Crippen LogP contribution is 2.28. The van der Waals surface area contributed by atoms with Crippen LogP contribution in [-0.4, -0.2) is 42.4 Å². The fourth-order valence-electron chi connectivity index (χ4n) is 3.98. The number of amides is 2. The molecule has 8 heteroatoms. The first-order valence-corrected chi connectivity index (χ1v) is 10.2. The summed E-state index contributed by atoms with van der Waals surface area (Å²) in [5, 5.41) is 16.9. The Balaban J connectivity index is 1.62. The largest absolute Gasteiger partial charge is 0.371 e. The first-order valence-electron chi connectivity index (χ1n) is 10.2. The van der Waals surface area contributed by atoms with Gasteiger partial charge in [0.1, 0.15) is 0 Å². The highest BCUT2D eigenvalue weighted by Gasteiger charge is 2.22. The van der Waals surface area contributed by atoms with E-state index in [0.717, 1.165) is 63.7 Å². The maximum Gasteiger partial charge on any atom is 0.270 e. The first-order chi connectivity index (χ1) is 13.5. The number of nitrogens with zero attached hydrogens (tertiary/aromatic N) is 2. The zero-order valence-corrected chi connectivity index (χ0v) is 16.1. The molecule has 3 rings (SSSR count). The summed E-state index contributed by atoms with van der Waals surface area (Å²) in [6.45, 7) is 1.88. The number of nitro groups is 1. The number of nitro benzene ring substituents is 1. The molecule has 0 bridgehead atoms. The van der Waals surface area contributed by atoms with Crippen molar-refractivity contribution in [2.24, 2.45) is 0 Å². The van der Waals surface area contributed by atoms with E-state index in [9.17, 15) is 19.7 Å². The molecule has 2 N–H and O–H groups in total. The molecule has 152 valence electrons. The van der Waals surface area contributed by atoms with Gasteiger partial charge in [0.25, 0.3) is 11.6 Å². The normalized spacial score (nSPS) is 17.4. The minimum Gasteiger partial charge on any atom is -0.371 e. The number of rotatable bonds is 7. The van der Waals surface area contributed by atoms with E-state index in [4.69, 9.17) is 0 Å². The molecular weight excluding hydrogens is 360 g/mol. The van der Waals surface area contributed by atoms with E-state index in [2.05, 4.69) is 15.5 Å². The minimum absolute atomic E-state index is 0.0671. The highest BCUT2D eigenvalue weighted by atomic mass is 16.6. The molecule has 1 aliphatic heterocycles. The number of nitrogens with one attached hydrogen (secondary N) is 2. The van der Waals surface area contributed by atoms with E-state index in [1.54, 1.807) is 6.07 Å². The van der Waals surface area contributed by atoms with Crippen LogP contribution in [0.25, 0.3) is 0 Å². The number of anilines is 1. The lowest BCUT2D eigenvalue weighted by molar-refractivity contribution is -0.384. The van der Waals surface area contributed by atoms with Crippen molar-refractivity contribution in [1.29, 1.82) is 0 Å². The van der Waals surface area contributed by atoms with Crippen molar-refractivity contribution in [3.05, 3.63) is 33.9 Å². The van der Waals surface area contributed by atoms with Crippen LogP contribution >= 0.6 is 0 Å². The molecule has 0 unspecified atom stereocenters. The van der Waals surface area contributed by atoms with Gasteiger partial charge in [-0.05, 0) is 38.2 Å². The predicted octanol–water partition coefficient (Wildman–Crippen LogP) is 2.76. The summed E-state index contributed by atoms with van der Waals surface area (Å²) in [6, 6.07) is 4.68. The van der Waals surface area contributed by atoms with Crippen molar-refractivity contribution in [1.82, 2.24) is 10.6 Å². The summed E-state index contributed by atoms with van der Waals surface area (Å²) in [7, 11) is 0. The predicted molar refractivity (Wildman–Crippen MR) is 107 cm³/mol. The van der Waals surface area contributed by atoms with Gasteiger partial charge in [0.05, 0.1) is 16.2 Å². The maximum atomic E-state index is 12.7. The highest BCUT2D eigenvalue weighted by molar-refractivity contribution is 6.00. The fourth-order valence-corrected chi connectivity index (χ4v) is 3.98. The van der Waals surface area contributed by atoms with Gasteiger partial charge in [-0.1, -0.05) is 12.8 Å². The summed E-state index contributed by atoms with van der Waals surface area (Å²) < 4.78 is 0. The summed E-state index contributed by atoms with van der Waals surface area (Å²) in [5.41, 5.74) is 0.912. The molecular formula is C20H28N4O4.